The van der Waals surface area contributed by atoms with Crippen LogP contribution in [0.4, 0.5) is 0 Å². The van der Waals surface area contributed by atoms with Crippen LogP contribution in [0, 0.1) is 0 Å². The van der Waals surface area contributed by atoms with Crippen LogP contribution in [0.1, 0.15) is 11.3 Å². The number of benzene rings is 1. The van der Waals surface area contributed by atoms with E-state index in [0.717, 1.165) is 16.9 Å². The van der Waals surface area contributed by atoms with E-state index < -0.39 is 0 Å². The zero-order chi connectivity index (χ0) is 16.8. The fourth-order valence-electron chi connectivity index (χ4n) is 2.24. The van der Waals surface area contributed by atoms with Crippen molar-refractivity contribution >= 4 is 5.91 Å². The zero-order valence-electron chi connectivity index (χ0n) is 13.2. The summed E-state index contributed by atoms with van der Waals surface area (Å²) in [7, 11) is 1.61. The topological polar surface area (TPSA) is 77.2 Å². The minimum absolute atomic E-state index is 0.121. The Kier molecular flexibility index (Phi) is 4.86. The Bertz CT molecular complexity index is 815. The van der Waals surface area contributed by atoms with Gasteiger partial charge in [0.1, 0.15) is 5.75 Å². The minimum atomic E-state index is -0.121. The Morgan fingerprint density at radius 1 is 1.25 bits per heavy atom. The monoisotopic (exact) mass is 323 g/mol. The quantitative estimate of drug-likeness (QED) is 0.754. The third-order valence-electron chi connectivity index (χ3n) is 3.47. The van der Waals surface area contributed by atoms with Gasteiger partial charge in [-0.15, -0.1) is 0 Å². The van der Waals surface area contributed by atoms with Crippen LogP contribution in [0.25, 0.3) is 11.3 Å². The second kappa shape index (κ2) is 7.41. The van der Waals surface area contributed by atoms with Crippen LogP contribution in [0.2, 0.25) is 0 Å². The minimum Gasteiger partial charge on any atom is -0.497 e. The van der Waals surface area contributed by atoms with Gasteiger partial charge in [0.25, 0.3) is 0 Å². The number of rotatable bonds is 6. The summed E-state index contributed by atoms with van der Waals surface area (Å²) >= 11 is 0. The highest BCUT2D eigenvalue weighted by Gasteiger charge is 2.11. The molecule has 0 aliphatic carbocycles. The molecule has 0 aliphatic heterocycles. The Morgan fingerprint density at radius 3 is 2.96 bits per heavy atom. The molecule has 0 spiro atoms. The highest BCUT2D eigenvalue weighted by molar-refractivity contribution is 5.78. The first kappa shape index (κ1) is 15.7. The van der Waals surface area contributed by atoms with Gasteiger partial charge in [-0.05, 0) is 23.8 Å². The van der Waals surface area contributed by atoms with Gasteiger partial charge in [-0.1, -0.05) is 23.4 Å². The van der Waals surface area contributed by atoms with E-state index in [1.54, 1.807) is 25.6 Å². The Hall–Kier alpha value is -3.15. The lowest BCUT2D eigenvalue weighted by Crippen LogP contribution is -2.24. The number of amides is 1. The summed E-state index contributed by atoms with van der Waals surface area (Å²) in [6, 6.07) is 13.0. The van der Waals surface area contributed by atoms with Crippen molar-refractivity contribution in [2.45, 2.75) is 13.0 Å². The first-order valence-electron chi connectivity index (χ1n) is 7.50. The molecule has 0 aliphatic rings. The maximum absolute atomic E-state index is 12.0. The Morgan fingerprint density at radius 2 is 2.17 bits per heavy atom. The fraction of sp³-hybridized carbons (Fsp3) is 0.167. The average Bonchev–Trinajstić information content (AvgIpc) is 3.09. The lowest BCUT2D eigenvalue weighted by Gasteiger charge is -2.03. The number of aromatic nitrogens is 2. The van der Waals surface area contributed by atoms with Crippen molar-refractivity contribution in [2.24, 2.45) is 0 Å². The average molecular weight is 323 g/mol. The van der Waals surface area contributed by atoms with Crippen molar-refractivity contribution in [1.82, 2.24) is 15.5 Å². The molecule has 0 radical (unpaired) electrons. The van der Waals surface area contributed by atoms with Crippen molar-refractivity contribution in [3.8, 4) is 17.1 Å². The van der Waals surface area contributed by atoms with E-state index in [0.29, 0.717) is 18.0 Å². The molecule has 3 aromatic rings. The van der Waals surface area contributed by atoms with Crippen LogP contribution in [0.5, 0.6) is 5.75 Å². The number of nitrogens with one attached hydrogen (secondary N) is 1. The van der Waals surface area contributed by atoms with E-state index in [9.17, 15) is 4.79 Å². The highest BCUT2D eigenvalue weighted by Crippen LogP contribution is 2.24. The van der Waals surface area contributed by atoms with Gasteiger partial charge in [-0.25, -0.2) is 0 Å². The molecule has 2 heterocycles. The van der Waals surface area contributed by atoms with Crippen molar-refractivity contribution in [1.29, 1.82) is 0 Å². The van der Waals surface area contributed by atoms with Crippen LogP contribution in [-0.4, -0.2) is 23.2 Å². The lowest BCUT2D eigenvalue weighted by molar-refractivity contribution is -0.120. The molecule has 6 heteroatoms. The molecular formula is C18H17N3O3. The van der Waals surface area contributed by atoms with E-state index in [1.165, 1.54) is 0 Å². The van der Waals surface area contributed by atoms with Crippen LogP contribution in [0.15, 0.2) is 59.4 Å². The summed E-state index contributed by atoms with van der Waals surface area (Å²) < 4.78 is 10.5. The second-order valence-electron chi connectivity index (χ2n) is 5.23. The molecule has 0 atom stereocenters. The first-order valence-corrected chi connectivity index (χ1v) is 7.50. The number of carbonyl (C=O) groups is 1. The summed E-state index contributed by atoms with van der Waals surface area (Å²) in [5.74, 6) is 1.22. The smallest absolute Gasteiger partial charge is 0.226 e. The van der Waals surface area contributed by atoms with Gasteiger partial charge in [0.05, 0.1) is 19.2 Å². The highest BCUT2D eigenvalue weighted by atomic mass is 16.5. The van der Waals surface area contributed by atoms with Crippen molar-refractivity contribution in [3.63, 3.8) is 0 Å². The molecule has 24 heavy (non-hydrogen) atoms. The van der Waals surface area contributed by atoms with E-state index >= 15 is 0 Å². The van der Waals surface area contributed by atoms with Crippen molar-refractivity contribution in [3.05, 3.63) is 66.1 Å². The van der Waals surface area contributed by atoms with Crippen LogP contribution in [-0.2, 0) is 17.8 Å². The fourth-order valence-corrected chi connectivity index (χ4v) is 2.24. The van der Waals surface area contributed by atoms with Gasteiger partial charge in [0, 0.05) is 30.6 Å². The third-order valence-corrected chi connectivity index (χ3v) is 3.47. The number of ether oxygens (including phenoxy) is 1. The van der Waals surface area contributed by atoms with E-state index in [-0.39, 0.29) is 12.3 Å². The molecule has 0 saturated heterocycles. The molecule has 0 fully saturated rings. The standard InChI is InChI=1S/C18H17N3O3/c1-23-16-6-2-5-14(8-16)17-9-15(21-24-17)10-18(22)20-12-13-4-3-7-19-11-13/h2-9,11H,10,12H2,1H3,(H,20,22). The molecule has 1 amide bonds. The molecule has 1 aromatic carbocycles. The molecule has 6 nitrogen and oxygen atoms in total. The first-order chi connectivity index (χ1) is 11.7. The maximum Gasteiger partial charge on any atom is 0.226 e. The molecule has 122 valence electrons. The number of carbonyl (C=O) groups excluding carboxylic acids is 1. The van der Waals surface area contributed by atoms with Crippen LogP contribution < -0.4 is 10.1 Å². The summed E-state index contributed by atoms with van der Waals surface area (Å²) in [5.41, 5.74) is 2.38. The summed E-state index contributed by atoms with van der Waals surface area (Å²) in [4.78, 5) is 16.0. The van der Waals surface area contributed by atoms with Gasteiger partial charge in [-0.3, -0.25) is 9.78 Å². The molecular weight excluding hydrogens is 306 g/mol. The molecule has 3 rings (SSSR count). The number of pyridine rings is 1. The van der Waals surface area contributed by atoms with Crippen LogP contribution in [0.3, 0.4) is 0 Å². The SMILES string of the molecule is COc1cccc(-c2cc(CC(=O)NCc3cccnc3)no2)c1. The number of hydrogen-bond acceptors (Lipinski definition) is 5. The lowest BCUT2D eigenvalue weighted by atomic mass is 10.1. The van der Waals surface area contributed by atoms with Crippen molar-refractivity contribution < 1.29 is 14.1 Å². The molecule has 1 N–H and O–H groups in total. The summed E-state index contributed by atoms with van der Waals surface area (Å²) in [6.45, 7) is 0.438. The van der Waals surface area contributed by atoms with Gasteiger partial charge in [0.15, 0.2) is 5.76 Å². The molecule has 0 saturated carbocycles. The van der Waals surface area contributed by atoms with Gasteiger partial charge < -0.3 is 14.6 Å². The summed E-state index contributed by atoms with van der Waals surface area (Å²) in [6.07, 6.45) is 3.58. The molecule has 0 bridgehead atoms. The van der Waals surface area contributed by atoms with Gasteiger partial charge in [0.2, 0.25) is 5.91 Å². The largest absolute Gasteiger partial charge is 0.497 e. The van der Waals surface area contributed by atoms with Gasteiger partial charge in [-0.2, -0.15) is 0 Å². The van der Waals surface area contributed by atoms with Crippen LogP contribution >= 0.6 is 0 Å². The number of methoxy groups -OCH3 is 1. The summed E-state index contributed by atoms with van der Waals surface area (Å²) in [5, 5.41) is 6.79. The molecule has 2 aromatic heterocycles. The zero-order valence-corrected chi connectivity index (χ0v) is 13.2. The van der Waals surface area contributed by atoms with Crippen molar-refractivity contribution in [2.75, 3.05) is 7.11 Å². The number of hydrogen-bond donors (Lipinski definition) is 1. The van der Waals surface area contributed by atoms with E-state index in [2.05, 4.69) is 15.5 Å². The van der Waals surface area contributed by atoms with E-state index in [4.69, 9.17) is 9.26 Å². The Balaban J connectivity index is 1.60. The number of nitrogens with zero attached hydrogens (tertiary/aromatic N) is 2. The Labute approximate surface area is 139 Å². The normalized spacial score (nSPS) is 10.4. The predicted molar refractivity (Wildman–Crippen MR) is 88.3 cm³/mol. The van der Waals surface area contributed by atoms with Gasteiger partial charge >= 0.3 is 0 Å². The van der Waals surface area contributed by atoms with E-state index in [1.807, 2.05) is 36.4 Å². The maximum atomic E-state index is 12.0. The third kappa shape index (κ3) is 3.98. The second-order valence-corrected chi connectivity index (χ2v) is 5.23. The predicted octanol–water partition coefficient (Wildman–Crippen LogP) is 2.60. The molecule has 0 unspecified atom stereocenters.